The number of carbonyl (C=O) groups excluding carboxylic acids is 8. The number of guanidine groups is 1. The van der Waals surface area contributed by atoms with Crippen LogP contribution in [0.3, 0.4) is 0 Å². The summed E-state index contributed by atoms with van der Waals surface area (Å²) in [5.74, 6) is 0.336. The first-order valence-electron chi connectivity index (χ1n) is 40.9. The van der Waals surface area contributed by atoms with Crippen LogP contribution in [0.2, 0.25) is 10.3 Å². The van der Waals surface area contributed by atoms with Gasteiger partial charge in [-0.05, 0) is 200 Å². The highest BCUT2D eigenvalue weighted by atomic mass is 127. The Morgan fingerprint density at radius 2 is 0.779 bits per heavy atom. The molecule has 2 aromatic heterocycles. The first-order valence-corrected chi connectivity index (χ1v) is 42.9. The molecule has 0 aliphatic heterocycles. The predicted molar refractivity (Wildman–Crippen MR) is 532 cm³/mol. The van der Waals surface area contributed by atoms with Gasteiger partial charge < -0.3 is 109 Å². The number of nitrogens with zero attached hydrogens (tertiary/aromatic N) is 8. The van der Waals surface area contributed by atoms with Crippen LogP contribution in [-0.2, 0) is 72.3 Å². The van der Waals surface area contributed by atoms with Crippen molar-refractivity contribution in [2.45, 2.75) is 112 Å². The molecule has 0 unspecified atom stereocenters. The van der Waals surface area contributed by atoms with Gasteiger partial charge in [-0.2, -0.15) is 0 Å². The minimum atomic E-state index is -0.673. The normalized spacial score (nSPS) is 9.96. The average Bonchev–Trinajstić information content (AvgIpc) is 0.838. The van der Waals surface area contributed by atoms with Crippen molar-refractivity contribution in [1.82, 2.24) is 61.2 Å². The summed E-state index contributed by atoms with van der Waals surface area (Å²) in [7, 11) is 13.9. The number of anilines is 4. The van der Waals surface area contributed by atoms with E-state index in [9.17, 15) is 38.4 Å². The molecule has 0 radical (unpaired) electrons. The third-order valence-corrected chi connectivity index (χ3v) is 17.7. The van der Waals surface area contributed by atoms with E-state index in [4.69, 9.17) is 101 Å². The van der Waals surface area contributed by atoms with Crippen molar-refractivity contribution >= 4 is 153 Å². The summed E-state index contributed by atoms with van der Waals surface area (Å²) in [6, 6.07) is 50.0. The topological polar surface area (TPSA) is 535 Å². The van der Waals surface area contributed by atoms with Crippen molar-refractivity contribution in [3.8, 4) is 23.0 Å². The number of carbonyl (C=O) groups is 8. The number of halogens is 4. The van der Waals surface area contributed by atoms with Crippen LogP contribution in [0.1, 0.15) is 127 Å². The van der Waals surface area contributed by atoms with Crippen LogP contribution < -0.4 is 79.9 Å². The van der Waals surface area contributed by atoms with E-state index in [1.807, 2.05) is 172 Å². The molecule has 131 heavy (non-hydrogen) atoms. The van der Waals surface area contributed by atoms with Gasteiger partial charge in [-0.15, -0.1) is 36.4 Å². The molecule has 8 aromatic rings. The highest BCUT2D eigenvalue weighted by Crippen LogP contribution is 2.22. The molecule has 0 spiro atoms. The van der Waals surface area contributed by atoms with E-state index >= 15 is 0 Å². The molecule has 2 heterocycles. The second kappa shape index (κ2) is 72.9. The van der Waals surface area contributed by atoms with Gasteiger partial charge in [0.2, 0.25) is 0 Å². The van der Waals surface area contributed by atoms with Crippen LogP contribution in [-0.4, -0.2) is 227 Å². The number of benzene rings is 6. The van der Waals surface area contributed by atoms with Gasteiger partial charge in [0.25, 0.3) is 29.5 Å². The second-order valence-electron chi connectivity index (χ2n) is 27.8. The highest BCUT2D eigenvalue weighted by Gasteiger charge is 2.19. The number of amidine groups is 1. The number of aromatic nitrogens is 4. The lowest BCUT2D eigenvalue weighted by Crippen LogP contribution is -2.38. The number of nitrogen functional groups attached to an aromatic ring is 4. The molecule has 41 heteroatoms. The number of aliphatic hydroxyl groups excluding tert-OH is 1. The number of likely N-dealkylation sites (N-methyl/N-ethyl adjacent to an activating group) is 3. The number of ether oxygens (including phenoxy) is 7. The summed E-state index contributed by atoms with van der Waals surface area (Å²) >= 11 is 12.4. The quantitative estimate of drug-likeness (QED) is 0.00427. The average molecular weight is 2020 g/mol. The van der Waals surface area contributed by atoms with Crippen molar-refractivity contribution in [2.24, 2.45) is 16.5 Å². The lowest BCUT2D eigenvalue weighted by molar-refractivity contribution is -0.145. The number of rotatable bonds is 38. The Balaban J connectivity index is 0. The number of aliphatic hydroxyl groups is 1. The van der Waals surface area contributed by atoms with Gasteiger partial charge >= 0.3 is 18.2 Å². The molecule has 36 nitrogen and oxygen atoms in total. The minimum Gasteiger partial charge on any atom is -0.484 e. The zero-order chi connectivity index (χ0) is 95.0. The molecule has 0 aliphatic carbocycles. The van der Waals surface area contributed by atoms with Crippen LogP contribution in [0.5, 0.6) is 23.0 Å². The summed E-state index contributed by atoms with van der Waals surface area (Å²) in [5, 5.41) is 27.5. The van der Waals surface area contributed by atoms with Gasteiger partial charge in [-0.1, -0.05) is 152 Å². The maximum absolute atomic E-state index is 12.2. The number of thioether (sulfide) groups is 1. The number of unbranched alkanes of at least 4 members (excludes halogenated alkanes) is 4. The van der Waals surface area contributed by atoms with Crippen molar-refractivity contribution in [1.29, 1.82) is 5.41 Å². The first kappa shape index (κ1) is 121. The smallest absolute Gasteiger partial charge is 0.407 e. The van der Waals surface area contributed by atoms with Gasteiger partial charge in [-0.25, -0.2) is 34.3 Å². The Bertz CT molecular complexity index is 4610. The maximum atomic E-state index is 12.2. The fourth-order valence-corrected chi connectivity index (χ4v) is 10.2. The Morgan fingerprint density at radius 3 is 1.09 bits per heavy atom. The van der Waals surface area contributed by atoms with E-state index in [1.54, 1.807) is 62.4 Å². The summed E-state index contributed by atoms with van der Waals surface area (Å²) < 4.78 is 36.8. The number of esters is 1. The standard InChI is InChI=1S/C22H28N2O4.C22H27NO5.C20H27ClN8O3.C14H22N2O2.C7H9ClN6OS.C2H7N.C2H6O.CH4.ClH.HI/c1-24(2)21(25)17-27-20-13-11-18(12-14-20)8-6-7-15-23-22(26)28-16-19-9-4-3-5-10-19;1-2-26-21(24)17-27-20-13-11-18(12-14-20)8-6-7-15-23-22(25)28-16-19-9-4-3-5-10-19;1-29(2)14(30)11-32-13-8-6-12(7-9-13)5-3-4-10-25-20(24)28-19(31)15-17(22)27-18(23)16(21)26-15;1-16(2)14(17)11-18-13-8-6-12(7-9-13)5-3-4-10-15;1-16-7(11)14-6(15)2-4(9)13-5(10)3(8)12-2;1-3-2;1-2-3;;;/h3-5,9-14H,6-8,15-17H2,1-2H3,(H,23,26);3-5,9-14H,2,6-8,15-17H2,1H3,(H,23,25);6-9H,3-5,10-11H2,1-2H3,(H4,22,23,27)(H3,24,25,28,31);6-9H,3-5,10-11,15H2,1-2H3;1H3,(H4,9,10,13)(H2,11,14,15);3H,1-2H3;3H,2H2,1H3;1H4;2*1H. The number of hydrogen-bond donors (Lipinski definition) is 13. The molecule has 19 N–H and O–H groups in total. The van der Waals surface area contributed by atoms with Gasteiger partial charge in [0.15, 0.2) is 82.5 Å². The Labute approximate surface area is 806 Å². The van der Waals surface area contributed by atoms with E-state index in [2.05, 4.69) is 51.5 Å². The summed E-state index contributed by atoms with van der Waals surface area (Å²) in [4.78, 5) is 116. The Kier molecular flexibility index (Phi) is 67.5. The van der Waals surface area contributed by atoms with Crippen LogP contribution >= 0.6 is 71.3 Å². The van der Waals surface area contributed by atoms with E-state index in [1.165, 1.54) is 31.4 Å². The molecule has 0 fully saturated rings. The van der Waals surface area contributed by atoms with Crippen molar-refractivity contribution in [3.05, 3.63) is 213 Å². The van der Waals surface area contributed by atoms with E-state index in [0.717, 1.165) is 118 Å². The monoisotopic (exact) mass is 2010 g/mol. The van der Waals surface area contributed by atoms with Gasteiger partial charge in [0, 0.05) is 68.5 Å². The number of nitrogens with two attached hydrogens (primary N) is 6. The molecule has 8 rings (SSSR count). The number of amides is 7. The fraction of sp³-hybridized carbons (Fsp3) is 0.400. The van der Waals surface area contributed by atoms with Gasteiger partial charge in [0.1, 0.15) is 36.2 Å². The zero-order valence-electron chi connectivity index (χ0n) is 75.6. The van der Waals surface area contributed by atoms with Crippen LogP contribution in [0, 0.1) is 5.41 Å². The van der Waals surface area contributed by atoms with Crippen LogP contribution in [0.4, 0.5) is 32.9 Å². The van der Waals surface area contributed by atoms with Crippen LogP contribution in [0.15, 0.2) is 163 Å². The Morgan fingerprint density at radius 1 is 0.466 bits per heavy atom. The Hall–Kier alpha value is -11.8. The number of aliphatic imine (C=N–C) groups is 1. The molecule has 0 bridgehead atoms. The number of hydrogen-bond acceptors (Lipinski definition) is 29. The zero-order valence-corrected chi connectivity index (χ0v) is 81.1. The first-order chi connectivity index (χ1) is 61.3. The number of aryl methyl sites for hydroxylation is 4. The van der Waals surface area contributed by atoms with Crippen molar-refractivity contribution in [2.75, 3.05) is 151 Å². The minimum absolute atomic E-state index is 0. The maximum Gasteiger partial charge on any atom is 0.407 e. The second-order valence-corrected chi connectivity index (χ2v) is 29.3. The molecule has 0 atom stereocenters. The van der Waals surface area contributed by atoms with Crippen molar-refractivity contribution < 1.29 is 76.6 Å². The molecular formula is C90H132Cl3IN20O16S. The fourth-order valence-electron chi connectivity index (χ4n) is 9.77. The van der Waals surface area contributed by atoms with Crippen molar-refractivity contribution in [3.63, 3.8) is 0 Å². The molecule has 7 amide bonds. The summed E-state index contributed by atoms with van der Waals surface area (Å²) in [5.41, 5.74) is 39.5. The number of nitrogens with one attached hydrogen (secondary N) is 6. The molecule has 722 valence electrons. The number of alkyl carbamates (subject to hydrolysis) is 2. The summed E-state index contributed by atoms with van der Waals surface area (Å²) in [6.07, 6.45) is 12.0. The molecule has 0 saturated heterocycles. The van der Waals surface area contributed by atoms with Gasteiger partial charge in [0.05, 0.1) is 6.61 Å². The molecule has 0 aliphatic rings. The van der Waals surface area contributed by atoms with Crippen LogP contribution in [0.25, 0.3) is 0 Å². The lowest BCUT2D eigenvalue weighted by atomic mass is 10.1. The third-order valence-electron chi connectivity index (χ3n) is 16.7. The third kappa shape index (κ3) is 56.4. The van der Waals surface area contributed by atoms with E-state index in [0.29, 0.717) is 43.5 Å². The lowest BCUT2D eigenvalue weighted by Gasteiger charge is -2.11. The van der Waals surface area contributed by atoms with E-state index < -0.39 is 24.0 Å². The molecule has 6 aromatic carbocycles. The molecule has 0 saturated carbocycles. The summed E-state index contributed by atoms with van der Waals surface area (Å²) in [6.45, 7) is 6.98. The largest absolute Gasteiger partial charge is 0.484 e. The van der Waals surface area contributed by atoms with E-state index in [-0.39, 0.29) is 170 Å². The predicted octanol–water partition coefficient (Wildman–Crippen LogP) is 11.4. The molecular weight excluding hydrogens is 1880 g/mol. The highest BCUT2D eigenvalue weighted by molar-refractivity contribution is 14.0. The SMILES string of the molecule is C.CCO.CCOC(=O)COc1ccc(CCCCNC(=O)OCc2ccccc2)cc1.CN(C)C(=O)COc1ccc(CCCCN)cc1.CN(C)C(=O)COc1ccc(CCCCN=C(N)NC(=O)c2nc(Cl)c(N)nc2N)cc1.CN(C)C(=O)COc1ccc(CCCCNC(=O)OCc2ccccc2)cc1.CNC.CSC(=N)NC(=O)c1nc(Cl)c(N)nc1N.Cl.I. The van der Waals surface area contributed by atoms with Gasteiger partial charge in [-0.3, -0.25) is 39.7 Å².